The molecule has 1 aliphatic rings. The molecule has 1 aromatic carbocycles. The van der Waals surface area contributed by atoms with Crippen molar-refractivity contribution in [1.29, 1.82) is 0 Å². The largest absolute Gasteiger partial charge is 0.469 e. The molecule has 8 nitrogen and oxygen atoms in total. The number of hydrogen-bond donors (Lipinski definition) is 0. The van der Waals surface area contributed by atoms with E-state index in [0.29, 0.717) is 27.3 Å². The van der Waals surface area contributed by atoms with Crippen molar-refractivity contribution in [3.63, 3.8) is 0 Å². The number of carbonyl (C=O) groups is 2. The molecule has 0 amide bonds. The van der Waals surface area contributed by atoms with Gasteiger partial charge in [-0.3, -0.25) is 14.4 Å². The highest BCUT2D eigenvalue weighted by Crippen LogP contribution is 2.40. The molecule has 0 saturated carbocycles. The zero-order valence-electron chi connectivity index (χ0n) is 17.3. The average Bonchev–Trinajstić information content (AvgIpc) is 3.26. The lowest BCUT2D eigenvalue weighted by Crippen LogP contribution is -2.12. The third-order valence-electron chi connectivity index (χ3n) is 5.08. The van der Waals surface area contributed by atoms with Crippen molar-refractivity contribution >= 4 is 40.6 Å². The highest BCUT2D eigenvalue weighted by atomic mass is 35.5. The number of esters is 2. The fraction of sp³-hybridized carbons (Fsp3) is 0.286. The number of thiophene rings is 1. The summed E-state index contributed by atoms with van der Waals surface area (Å²) in [7, 11) is 2.69. The molecular formula is C21H19ClN4O4S. The summed E-state index contributed by atoms with van der Waals surface area (Å²) in [5.74, 6) is 0.292. The van der Waals surface area contributed by atoms with Crippen LogP contribution in [-0.2, 0) is 14.3 Å². The van der Waals surface area contributed by atoms with E-state index in [9.17, 15) is 9.59 Å². The summed E-state index contributed by atoms with van der Waals surface area (Å²) < 4.78 is 11.7. The van der Waals surface area contributed by atoms with Gasteiger partial charge < -0.3 is 9.47 Å². The molecule has 0 N–H and O–H groups in total. The molecule has 2 aromatic heterocycles. The van der Waals surface area contributed by atoms with Gasteiger partial charge >= 0.3 is 11.9 Å². The molecule has 0 bridgehead atoms. The third kappa shape index (κ3) is 3.64. The van der Waals surface area contributed by atoms with Crippen LogP contribution < -0.4 is 0 Å². The summed E-state index contributed by atoms with van der Waals surface area (Å²) in [6, 6.07) is 6.64. The highest BCUT2D eigenvalue weighted by Gasteiger charge is 2.34. The Morgan fingerprint density at radius 2 is 1.84 bits per heavy atom. The molecule has 0 spiro atoms. The Kier molecular flexibility index (Phi) is 5.63. The first-order chi connectivity index (χ1) is 14.8. The lowest BCUT2D eigenvalue weighted by molar-refractivity contribution is -0.141. The van der Waals surface area contributed by atoms with Gasteiger partial charge in [0.05, 0.1) is 26.4 Å². The first-order valence-electron chi connectivity index (χ1n) is 9.40. The van der Waals surface area contributed by atoms with Crippen LogP contribution in [0.2, 0.25) is 5.02 Å². The summed E-state index contributed by atoms with van der Waals surface area (Å²) in [6.45, 7) is 3.67. The molecule has 0 saturated heterocycles. The quantitative estimate of drug-likeness (QED) is 0.551. The molecule has 160 valence electrons. The summed E-state index contributed by atoms with van der Waals surface area (Å²) in [5, 5.41) is 9.84. The number of aliphatic imine (C=N–C) groups is 1. The van der Waals surface area contributed by atoms with Gasteiger partial charge in [0.1, 0.15) is 21.7 Å². The van der Waals surface area contributed by atoms with E-state index in [4.69, 9.17) is 26.1 Å². The van der Waals surface area contributed by atoms with Crippen molar-refractivity contribution in [3.05, 3.63) is 62.5 Å². The Morgan fingerprint density at radius 1 is 1.13 bits per heavy atom. The number of halogens is 1. The lowest BCUT2D eigenvalue weighted by Gasteiger charge is -2.11. The molecule has 0 fully saturated rings. The Labute approximate surface area is 187 Å². The van der Waals surface area contributed by atoms with Crippen LogP contribution in [0.1, 0.15) is 50.5 Å². The van der Waals surface area contributed by atoms with Gasteiger partial charge in [-0.2, -0.15) is 0 Å². The fourth-order valence-electron chi connectivity index (χ4n) is 3.55. The van der Waals surface area contributed by atoms with Gasteiger partial charge in [-0.25, -0.2) is 4.79 Å². The van der Waals surface area contributed by atoms with Crippen LogP contribution in [-0.4, -0.2) is 46.6 Å². The molecule has 0 radical (unpaired) electrons. The number of aryl methyl sites for hydroxylation is 1. The van der Waals surface area contributed by atoms with Crippen molar-refractivity contribution < 1.29 is 19.1 Å². The second-order valence-corrected chi connectivity index (χ2v) is 8.38. The van der Waals surface area contributed by atoms with Crippen LogP contribution in [0, 0.1) is 13.8 Å². The van der Waals surface area contributed by atoms with E-state index in [-0.39, 0.29) is 6.42 Å². The Morgan fingerprint density at radius 3 is 2.48 bits per heavy atom. The lowest BCUT2D eigenvalue weighted by atomic mass is 9.99. The van der Waals surface area contributed by atoms with Gasteiger partial charge in [0.2, 0.25) is 0 Å². The van der Waals surface area contributed by atoms with E-state index in [1.807, 2.05) is 30.5 Å². The topological polar surface area (TPSA) is 95.7 Å². The summed E-state index contributed by atoms with van der Waals surface area (Å²) >= 11 is 7.37. The number of ether oxygens (including phenoxy) is 2. The maximum Gasteiger partial charge on any atom is 0.348 e. The third-order valence-corrected chi connectivity index (χ3v) is 6.59. The highest BCUT2D eigenvalue weighted by molar-refractivity contribution is 7.17. The minimum Gasteiger partial charge on any atom is -0.469 e. The van der Waals surface area contributed by atoms with E-state index in [1.165, 1.54) is 25.6 Å². The van der Waals surface area contributed by atoms with Crippen LogP contribution in [0.15, 0.2) is 29.3 Å². The first kappa shape index (κ1) is 21.2. The van der Waals surface area contributed by atoms with Crippen molar-refractivity contribution in [3.8, 4) is 5.00 Å². The van der Waals surface area contributed by atoms with Gasteiger partial charge in [-0.05, 0) is 31.5 Å². The van der Waals surface area contributed by atoms with Crippen LogP contribution in [0.4, 0.5) is 0 Å². The average molecular weight is 459 g/mol. The number of hydrogen-bond acceptors (Lipinski definition) is 8. The molecule has 3 heterocycles. The van der Waals surface area contributed by atoms with E-state index >= 15 is 0 Å². The Balaban J connectivity index is 2.03. The van der Waals surface area contributed by atoms with Gasteiger partial charge in [0, 0.05) is 16.1 Å². The second kappa shape index (κ2) is 8.24. The predicted octanol–water partition coefficient (Wildman–Crippen LogP) is 3.84. The van der Waals surface area contributed by atoms with Gasteiger partial charge in [-0.1, -0.05) is 23.7 Å². The van der Waals surface area contributed by atoms with Gasteiger partial charge in [-0.15, -0.1) is 21.5 Å². The van der Waals surface area contributed by atoms with Crippen LogP contribution >= 0.6 is 22.9 Å². The Hall–Kier alpha value is -3.04. The van der Waals surface area contributed by atoms with E-state index in [0.717, 1.165) is 21.7 Å². The van der Waals surface area contributed by atoms with E-state index < -0.39 is 18.0 Å². The van der Waals surface area contributed by atoms with Crippen LogP contribution in [0.3, 0.4) is 0 Å². The molecular weight excluding hydrogens is 440 g/mol. The molecule has 1 atom stereocenters. The number of fused-ring (bicyclic) bond motifs is 3. The number of methoxy groups -OCH3 is 2. The summed E-state index contributed by atoms with van der Waals surface area (Å²) in [6.07, 6.45) is 0.00354. The molecule has 4 rings (SSSR count). The molecule has 31 heavy (non-hydrogen) atoms. The maximum atomic E-state index is 12.4. The fourth-order valence-corrected chi connectivity index (χ4v) is 4.96. The minimum absolute atomic E-state index is 0.00354. The van der Waals surface area contributed by atoms with Crippen LogP contribution in [0.5, 0.6) is 0 Å². The normalized spacial score (nSPS) is 14.9. The minimum atomic E-state index is -0.611. The molecule has 0 aliphatic carbocycles. The first-order valence-corrected chi connectivity index (χ1v) is 10.6. The molecule has 10 heteroatoms. The number of benzene rings is 1. The molecule has 1 aliphatic heterocycles. The van der Waals surface area contributed by atoms with E-state index in [1.54, 1.807) is 12.1 Å². The zero-order valence-corrected chi connectivity index (χ0v) is 18.9. The predicted molar refractivity (Wildman–Crippen MR) is 117 cm³/mol. The summed E-state index contributed by atoms with van der Waals surface area (Å²) in [5.41, 5.74) is 2.94. The molecule has 0 unspecified atom stereocenters. The maximum absolute atomic E-state index is 12.4. The standard InChI is InChI=1S/C21H19ClN4O4S/c1-10-16-17(12-5-7-13(22)8-6-12)23-14(9-15(27)29-3)19-25-24-11(2)26(19)20(16)31-18(10)21(28)30-4/h5-8,14H,9H2,1-4H3/t14-/m1/s1. The van der Waals surface area contributed by atoms with Crippen molar-refractivity contribution in [2.24, 2.45) is 4.99 Å². The van der Waals surface area contributed by atoms with Crippen molar-refractivity contribution in [2.75, 3.05) is 14.2 Å². The number of carbonyl (C=O) groups excluding carboxylic acids is 2. The second-order valence-electron chi connectivity index (χ2n) is 6.95. The van der Waals surface area contributed by atoms with Crippen molar-refractivity contribution in [1.82, 2.24) is 14.8 Å². The van der Waals surface area contributed by atoms with Crippen molar-refractivity contribution in [2.45, 2.75) is 26.3 Å². The smallest absolute Gasteiger partial charge is 0.348 e. The van der Waals surface area contributed by atoms with Crippen LogP contribution in [0.25, 0.3) is 5.00 Å². The number of rotatable bonds is 4. The van der Waals surface area contributed by atoms with Gasteiger partial charge in [0.25, 0.3) is 0 Å². The van der Waals surface area contributed by atoms with Gasteiger partial charge in [0.15, 0.2) is 5.82 Å². The Bertz CT molecular complexity index is 1210. The monoisotopic (exact) mass is 458 g/mol. The zero-order chi connectivity index (χ0) is 22.3. The molecule has 3 aromatic rings. The number of nitrogens with zero attached hydrogens (tertiary/aromatic N) is 4. The SMILES string of the molecule is COC(=O)C[C@H]1N=C(c2ccc(Cl)cc2)c2c(sc(C(=O)OC)c2C)-n2c(C)nnc21. The van der Waals surface area contributed by atoms with E-state index in [2.05, 4.69) is 10.2 Å². The number of aromatic nitrogens is 3. The summed E-state index contributed by atoms with van der Waals surface area (Å²) in [4.78, 5) is 30.0.